The molecule has 344 valence electrons. The zero-order chi connectivity index (χ0) is 46.2. The lowest BCUT2D eigenvalue weighted by Crippen LogP contribution is -2.52. The van der Waals surface area contributed by atoms with Gasteiger partial charge in [0.1, 0.15) is 18.3 Å². The van der Waals surface area contributed by atoms with E-state index in [0.717, 1.165) is 0 Å². The lowest BCUT2D eigenvalue weighted by molar-refractivity contribution is -0.119. The van der Waals surface area contributed by atoms with E-state index in [-0.39, 0.29) is 64.6 Å². The number of hydrogen-bond donors (Lipinski definition) is 7. The van der Waals surface area contributed by atoms with Crippen LogP contribution in [0.15, 0.2) is 22.2 Å². The van der Waals surface area contributed by atoms with E-state index in [1.165, 1.54) is 21.8 Å². The Morgan fingerprint density at radius 1 is 0.968 bits per heavy atom. The first-order chi connectivity index (χ1) is 29.6. The molecule has 2 saturated heterocycles. The van der Waals surface area contributed by atoms with Crippen LogP contribution in [0, 0.1) is 23.2 Å². The summed E-state index contributed by atoms with van der Waals surface area (Å²) < 4.78 is 48.9. The highest BCUT2D eigenvalue weighted by Crippen LogP contribution is 2.50. The summed E-state index contributed by atoms with van der Waals surface area (Å²) in [6.07, 6.45) is -4.18. The van der Waals surface area contributed by atoms with Crippen molar-refractivity contribution in [2.75, 3.05) is 30.5 Å². The molecule has 4 aromatic rings. The van der Waals surface area contributed by atoms with Crippen LogP contribution in [0.1, 0.15) is 73.8 Å². The summed E-state index contributed by atoms with van der Waals surface area (Å²) in [5.41, 5.74) is -1.35. The predicted molar refractivity (Wildman–Crippen MR) is 227 cm³/mol. The molecule has 0 spiro atoms. The van der Waals surface area contributed by atoms with Crippen LogP contribution >= 0.6 is 7.75 Å². The molecule has 0 saturated carbocycles. The summed E-state index contributed by atoms with van der Waals surface area (Å²) in [4.78, 5) is 73.1. The van der Waals surface area contributed by atoms with E-state index in [1.54, 1.807) is 27.7 Å². The number of fused-ring (bicyclic) bond motifs is 2. The second-order valence-electron chi connectivity index (χ2n) is 17.5. The van der Waals surface area contributed by atoms with Crippen LogP contribution in [-0.4, -0.2) is 120 Å². The van der Waals surface area contributed by atoms with E-state index in [4.69, 9.17) is 22.9 Å². The summed E-state index contributed by atoms with van der Waals surface area (Å²) in [5, 5.41) is 38.9. The van der Waals surface area contributed by atoms with Gasteiger partial charge in [0.2, 0.25) is 23.7 Å². The number of aliphatic hydroxyl groups is 2. The maximum absolute atomic E-state index is 14.8. The number of H-pyrrole nitrogens is 2. The smallest absolute Gasteiger partial charge is 0.406 e. The van der Waals surface area contributed by atoms with Gasteiger partial charge >= 0.3 is 7.75 Å². The number of nitriles is 1. The molecule has 2 aliphatic rings. The SMILES string of the molecule is CC(C)C(=O)Nc1nc2c(ncn2[C@@H]2O[C@H](CO)[C@@H](NP(=O)(OCCC#N)OC[C@@H]3C[C@@H](O)[C@H](n4cnc5c(=O)[nH]c(NC(=O)C(C)C)nc54)O3)[C@H]2O[Si](C)(C)C(C)(C)C)c(=O)[nH]1. The first-order valence-electron chi connectivity index (χ1n) is 20.4. The number of aliphatic hydroxyl groups excluding tert-OH is 2. The molecule has 6 rings (SSSR count). The Morgan fingerprint density at radius 2 is 1.51 bits per heavy atom. The molecule has 4 aromatic heterocycles. The van der Waals surface area contributed by atoms with Gasteiger partial charge in [-0.2, -0.15) is 15.2 Å². The summed E-state index contributed by atoms with van der Waals surface area (Å²) in [6.45, 7) is 15.4. The van der Waals surface area contributed by atoms with Gasteiger partial charge in [-0.3, -0.25) is 58.0 Å². The molecule has 2 aliphatic heterocycles. The van der Waals surface area contributed by atoms with Crippen molar-refractivity contribution in [2.24, 2.45) is 11.8 Å². The van der Waals surface area contributed by atoms with E-state index in [0.29, 0.717) is 0 Å². The summed E-state index contributed by atoms with van der Waals surface area (Å²) in [6, 6.07) is 0.809. The van der Waals surface area contributed by atoms with Gasteiger partial charge in [0.05, 0.1) is 57.1 Å². The molecule has 6 heterocycles. The number of aromatic nitrogens is 8. The number of anilines is 2. The summed E-state index contributed by atoms with van der Waals surface area (Å²) >= 11 is 0. The van der Waals surface area contributed by atoms with Crippen LogP contribution < -0.4 is 26.8 Å². The van der Waals surface area contributed by atoms with Crippen molar-refractivity contribution in [3.05, 3.63) is 33.4 Å². The Bertz CT molecular complexity index is 2530. The Morgan fingerprint density at radius 3 is 2.00 bits per heavy atom. The molecule has 26 heteroatoms. The number of imidazole rings is 2. The molecule has 2 amide bonds. The zero-order valence-corrected chi connectivity index (χ0v) is 38.3. The molecular formula is C37H55N12O12PSi. The first kappa shape index (κ1) is 47.7. The molecule has 8 atom stereocenters. The fourth-order valence-corrected chi connectivity index (χ4v) is 9.45. The Labute approximate surface area is 362 Å². The normalized spacial score (nSPS) is 24.0. The Kier molecular flexibility index (Phi) is 14.2. The monoisotopic (exact) mass is 918 g/mol. The average Bonchev–Trinajstić information content (AvgIpc) is 3.98. The second-order valence-corrected chi connectivity index (χ2v) is 24.0. The minimum absolute atomic E-state index is 0.0243. The minimum Gasteiger partial charge on any atom is -0.408 e. The molecule has 1 unspecified atom stereocenters. The van der Waals surface area contributed by atoms with E-state index in [9.17, 15) is 39.2 Å². The fraction of sp³-hybridized carbons (Fsp3) is 0.649. The summed E-state index contributed by atoms with van der Waals surface area (Å²) in [5.74, 6) is -1.85. The number of rotatable bonds is 17. The first-order valence-corrected chi connectivity index (χ1v) is 24.9. The summed E-state index contributed by atoms with van der Waals surface area (Å²) in [7, 11) is -7.25. The number of aromatic amines is 2. The van der Waals surface area contributed by atoms with Crippen LogP contribution in [0.2, 0.25) is 18.1 Å². The number of carbonyl (C=O) groups is 2. The standard InChI is InChI=1S/C37H55N12O12PSi/c1-18(2)29(52)43-35-41-27-24(31(54)45-35)39-16-48(27)33-21(51)13-20(59-33)15-58-62(56,57-12-10-11-38)47-23-22(14-50)60-34(26(23)61-63(8,9)37(5,6)7)49-17-40-25-28(49)42-36(46-32(25)55)44-30(53)19(3)4/h16-23,26,33-34,50-51H,10,12-15H2,1-9H3,(H,47,56)(H2,41,43,45,52,54)(H2,42,44,46,53,55)/t20-,21+,22+,23+,26+,33+,34+,62?/m0/s1. The quantitative estimate of drug-likeness (QED) is 0.0454. The number of nitrogens with zero attached hydrogens (tertiary/aromatic N) is 7. The van der Waals surface area contributed by atoms with Gasteiger partial charge in [0.25, 0.3) is 11.1 Å². The van der Waals surface area contributed by atoms with Crippen LogP contribution in [0.25, 0.3) is 22.3 Å². The average molecular weight is 919 g/mol. The molecule has 0 bridgehead atoms. The van der Waals surface area contributed by atoms with E-state index in [2.05, 4.69) is 45.6 Å². The largest absolute Gasteiger partial charge is 0.408 e. The number of carbonyl (C=O) groups excluding carboxylic acids is 2. The minimum atomic E-state index is -4.49. The third-order valence-electron chi connectivity index (χ3n) is 11.1. The van der Waals surface area contributed by atoms with Crippen molar-refractivity contribution in [1.82, 2.24) is 44.1 Å². The molecule has 0 aliphatic carbocycles. The van der Waals surface area contributed by atoms with E-state index >= 15 is 0 Å². The van der Waals surface area contributed by atoms with Gasteiger partial charge in [0.15, 0.2) is 43.1 Å². The lowest BCUT2D eigenvalue weighted by Gasteiger charge is -2.41. The Balaban J connectivity index is 1.29. The van der Waals surface area contributed by atoms with Crippen molar-refractivity contribution in [3.8, 4) is 6.07 Å². The molecule has 0 aromatic carbocycles. The highest BCUT2D eigenvalue weighted by molar-refractivity contribution is 7.51. The van der Waals surface area contributed by atoms with Crippen molar-refractivity contribution in [3.63, 3.8) is 0 Å². The van der Waals surface area contributed by atoms with Crippen LogP contribution in [0.3, 0.4) is 0 Å². The molecule has 0 radical (unpaired) electrons. The zero-order valence-electron chi connectivity index (χ0n) is 36.4. The Hall–Kier alpha value is -4.74. The van der Waals surface area contributed by atoms with Gasteiger partial charge in [-0.25, -0.2) is 19.6 Å². The number of amides is 2. The van der Waals surface area contributed by atoms with Crippen LogP contribution in [-0.2, 0) is 37.1 Å². The van der Waals surface area contributed by atoms with Crippen molar-refractivity contribution in [1.29, 1.82) is 5.26 Å². The predicted octanol–water partition coefficient (Wildman–Crippen LogP) is 2.38. The topological polar surface area (TPSA) is 325 Å². The third-order valence-corrected chi connectivity index (χ3v) is 17.2. The van der Waals surface area contributed by atoms with E-state index < -0.39 is 101 Å². The fourth-order valence-electron chi connectivity index (χ4n) is 6.56. The highest BCUT2D eigenvalue weighted by Gasteiger charge is 2.53. The van der Waals surface area contributed by atoms with E-state index in [1.807, 2.05) is 39.9 Å². The maximum atomic E-state index is 14.8. The van der Waals surface area contributed by atoms with Gasteiger partial charge in [0, 0.05) is 18.3 Å². The van der Waals surface area contributed by atoms with Crippen LogP contribution in [0.5, 0.6) is 0 Å². The van der Waals surface area contributed by atoms with Gasteiger partial charge in [-0.15, -0.1) is 0 Å². The van der Waals surface area contributed by atoms with Gasteiger partial charge in [-0.05, 0) is 18.1 Å². The van der Waals surface area contributed by atoms with Crippen molar-refractivity contribution >= 4 is 62.1 Å². The van der Waals surface area contributed by atoms with Crippen molar-refractivity contribution in [2.45, 2.75) is 122 Å². The number of hydrogen-bond acceptors (Lipinski definition) is 17. The molecule has 7 N–H and O–H groups in total. The third kappa shape index (κ3) is 10.3. The molecular weight excluding hydrogens is 864 g/mol. The van der Waals surface area contributed by atoms with Gasteiger partial charge < -0.3 is 24.1 Å². The maximum Gasteiger partial charge on any atom is 0.406 e. The van der Waals surface area contributed by atoms with Crippen LogP contribution in [0.4, 0.5) is 11.9 Å². The number of ether oxygens (including phenoxy) is 2. The highest BCUT2D eigenvalue weighted by atomic mass is 31.2. The molecule has 2 fully saturated rings. The molecule has 63 heavy (non-hydrogen) atoms. The lowest BCUT2D eigenvalue weighted by atomic mass is 10.1. The second kappa shape index (κ2) is 18.8. The molecule has 24 nitrogen and oxygen atoms in total. The number of nitrogens with one attached hydrogen (secondary N) is 5. The van der Waals surface area contributed by atoms with Crippen molar-refractivity contribution < 1.29 is 47.3 Å². The van der Waals surface area contributed by atoms with Gasteiger partial charge in [-0.1, -0.05) is 48.5 Å².